The van der Waals surface area contributed by atoms with Gasteiger partial charge in [0, 0.05) is 5.69 Å². The van der Waals surface area contributed by atoms with Gasteiger partial charge < -0.3 is 15.2 Å². The Labute approximate surface area is 94.2 Å². The van der Waals surface area contributed by atoms with Crippen molar-refractivity contribution in [2.75, 3.05) is 18.5 Å². The van der Waals surface area contributed by atoms with Crippen LogP contribution in [0.1, 0.15) is 18.4 Å². The normalized spacial score (nSPS) is 13.8. The van der Waals surface area contributed by atoms with Gasteiger partial charge in [-0.15, -0.1) is 0 Å². The van der Waals surface area contributed by atoms with Crippen molar-refractivity contribution in [3.63, 3.8) is 0 Å². The summed E-state index contributed by atoms with van der Waals surface area (Å²) in [6.45, 7) is 0.642. The third-order valence-electron chi connectivity index (χ3n) is 2.53. The Morgan fingerprint density at radius 1 is 1.50 bits per heavy atom. The van der Waals surface area contributed by atoms with Crippen LogP contribution in [0.4, 0.5) is 5.69 Å². The predicted octanol–water partition coefficient (Wildman–Crippen LogP) is 1.33. The van der Waals surface area contributed by atoms with E-state index in [0.29, 0.717) is 0 Å². The zero-order chi connectivity index (χ0) is 11.4. The maximum absolute atomic E-state index is 11.3. The summed E-state index contributed by atoms with van der Waals surface area (Å²) in [6, 6.07) is 5.63. The van der Waals surface area contributed by atoms with E-state index in [0.717, 1.165) is 36.4 Å². The Bertz CT molecular complexity index is 390. The van der Waals surface area contributed by atoms with Gasteiger partial charge in [-0.3, -0.25) is 4.79 Å². The number of aliphatic hydroxyl groups excluding tert-OH is 1. The van der Waals surface area contributed by atoms with E-state index >= 15 is 0 Å². The average Bonchev–Trinajstić information content (AvgIpc) is 2.29. The maximum atomic E-state index is 11.3. The number of amides is 1. The molecule has 0 saturated heterocycles. The lowest BCUT2D eigenvalue weighted by Crippen LogP contribution is -2.14. The van der Waals surface area contributed by atoms with Crippen LogP contribution in [0.2, 0.25) is 0 Å². The quantitative estimate of drug-likeness (QED) is 0.809. The number of benzene rings is 1. The van der Waals surface area contributed by atoms with E-state index < -0.39 is 0 Å². The van der Waals surface area contributed by atoms with Crippen LogP contribution in [0, 0.1) is 0 Å². The van der Waals surface area contributed by atoms with Crippen molar-refractivity contribution in [1.29, 1.82) is 0 Å². The molecule has 4 heteroatoms. The van der Waals surface area contributed by atoms with Crippen molar-refractivity contribution < 1.29 is 14.6 Å². The minimum Gasteiger partial charge on any atom is -0.493 e. The van der Waals surface area contributed by atoms with Crippen molar-refractivity contribution in [3.05, 3.63) is 23.8 Å². The molecule has 0 unspecified atom stereocenters. The van der Waals surface area contributed by atoms with E-state index in [2.05, 4.69) is 5.32 Å². The number of carbonyl (C=O) groups is 1. The van der Waals surface area contributed by atoms with Gasteiger partial charge in [0.05, 0.1) is 19.6 Å². The van der Waals surface area contributed by atoms with Crippen molar-refractivity contribution >= 4 is 11.6 Å². The molecule has 2 rings (SSSR count). The summed E-state index contributed by atoms with van der Waals surface area (Å²) in [6.07, 6.45) is 2.13. The van der Waals surface area contributed by atoms with Gasteiger partial charge in [0.25, 0.3) is 0 Å². The number of rotatable bonds is 3. The number of aryl methyl sites for hydroxylation is 1. The molecule has 4 nitrogen and oxygen atoms in total. The smallest absolute Gasteiger partial charge is 0.226 e. The maximum Gasteiger partial charge on any atom is 0.226 e. The molecule has 1 aromatic rings. The highest BCUT2D eigenvalue weighted by Crippen LogP contribution is 2.27. The Hall–Kier alpha value is -1.55. The fourth-order valence-electron chi connectivity index (χ4n) is 1.76. The Morgan fingerprint density at radius 3 is 3.19 bits per heavy atom. The summed E-state index contributed by atoms with van der Waals surface area (Å²) in [5, 5.41) is 11.4. The lowest BCUT2D eigenvalue weighted by atomic mass is 10.1. The van der Waals surface area contributed by atoms with Crippen LogP contribution in [0.15, 0.2) is 18.2 Å². The standard InChI is InChI=1S/C12H15NO3/c14-6-5-12(15)13-10-3-4-11-9(8-10)2-1-7-16-11/h3-4,8,14H,1-2,5-7H2,(H,13,15). The number of ether oxygens (including phenoxy) is 1. The molecule has 0 spiro atoms. The van der Waals surface area contributed by atoms with Gasteiger partial charge in [-0.25, -0.2) is 0 Å². The van der Waals surface area contributed by atoms with Crippen LogP contribution in [0.3, 0.4) is 0 Å². The number of hydrogen-bond donors (Lipinski definition) is 2. The van der Waals surface area contributed by atoms with Gasteiger partial charge in [-0.1, -0.05) is 0 Å². The summed E-state index contributed by atoms with van der Waals surface area (Å²) < 4.78 is 5.48. The van der Waals surface area contributed by atoms with Gasteiger partial charge in [0.2, 0.25) is 5.91 Å². The highest BCUT2D eigenvalue weighted by atomic mass is 16.5. The van der Waals surface area contributed by atoms with E-state index in [9.17, 15) is 4.79 Å². The first-order valence-corrected chi connectivity index (χ1v) is 5.46. The highest BCUT2D eigenvalue weighted by Gasteiger charge is 2.11. The first kappa shape index (κ1) is 11.0. The van der Waals surface area contributed by atoms with E-state index in [1.165, 1.54) is 0 Å². The summed E-state index contributed by atoms with van der Waals surface area (Å²) >= 11 is 0. The number of anilines is 1. The molecule has 0 atom stereocenters. The average molecular weight is 221 g/mol. The number of nitrogens with one attached hydrogen (secondary N) is 1. The van der Waals surface area contributed by atoms with Gasteiger partial charge in [-0.05, 0) is 36.6 Å². The fraction of sp³-hybridized carbons (Fsp3) is 0.417. The molecular formula is C12H15NO3. The van der Waals surface area contributed by atoms with Crippen LogP contribution >= 0.6 is 0 Å². The Balaban J connectivity index is 2.08. The topological polar surface area (TPSA) is 58.6 Å². The summed E-state index contributed by atoms with van der Waals surface area (Å²) in [5.41, 5.74) is 1.90. The first-order chi connectivity index (χ1) is 7.79. The lowest BCUT2D eigenvalue weighted by molar-refractivity contribution is -0.116. The van der Waals surface area contributed by atoms with Gasteiger partial charge >= 0.3 is 0 Å². The molecule has 0 fully saturated rings. The Kier molecular flexibility index (Phi) is 3.41. The molecule has 86 valence electrons. The zero-order valence-corrected chi connectivity index (χ0v) is 9.03. The summed E-state index contributed by atoms with van der Waals surface area (Å²) in [4.78, 5) is 11.3. The second-order valence-corrected chi connectivity index (χ2v) is 3.80. The van der Waals surface area contributed by atoms with E-state index in [-0.39, 0.29) is 18.9 Å². The summed E-state index contributed by atoms with van der Waals surface area (Å²) in [5.74, 6) is 0.741. The fourth-order valence-corrected chi connectivity index (χ4v) is 1.76. The molecule has 2 N–H and O–H groups in total. The van der Waals surface area contributed by atoms with Crippen LogP contribution in [-0.4, -0.2) is 24.2 Å². The van der Waals surface area contributed by atoms with Crippen LogP contribution in [-0.2, 0) is 11.2 Å². The van der Waals surface area contributed by atoms with Crippen LogP contribution in [0.25, 0.3) is 0 Å². The van der Waals surface area contributed by atoms with E-state index in [4.69, 9.17) is 9.84 Å². The first-order valence-electron chi connectivity index (χ1n) is 5.46. The van der Waals surface area contributed by atoms with E-state index in [1.54, 1.807) is 0 Å². The van der Waals surface area contributed by atoms with Crippen LogP contribution in [0.5, 0.6) is 5.75 Å². The number of fused-ring (bicyclic) bond motifs is 1. The molecule has 16 heavy (non-hydrogen) atoms. The van der Waals surface area contributed by atoms with Crippen molar-refractivity contribution in [2.24, 2.45) is 0 Å². The van der Waals surface area contributed by atoms with Crippen molar-refractivity contribution in [2.45, 2.75) is 19.3 Å². The lowest BCUT2D eigenvalue weighted by Gasteiger charge is -2.18. The minimum absolute atomic E-state index is 0.125. The number of aliphatic hydroxyl groups is 1. The molecule has 1 aliphatic heterocycles. The largest absolute Gasteiger partial charge is 0.493 e. The molecule has 1 aromatic carbocycles. The second-order valence-electron chi connectivity index (χ2n) is 3.80. The van der Waals surface area contributed by atoms with Gasteiger partial charge in [0.15, 0.2) is 0 Å². The molecule has 1 aliphatic rings. The van der Waals surface area contributed by atoms with Crippen molar-refractivity contribution in [3.8, 4) is 5.75 Å². The molecule has 0 aromatic heterocycles. The van der Waals surface area contributed by atoms with Crippen molar-refractivity contribution in [1.82, 2.24) is 0 Å². The molecule has 0 saturated carbocycles. The number of hydrogen-bond acceptors (Lipinski definition) is 3. The second kappa shape index (κ2) is 4.99. The van der Waals surface area contributed by atoms with Gasteiger partial charge in [-0.2, -0.15) is 0 Å². The number of carbonyl (C=O) groups excluding carboxylic acids is 1. The van der Waals surface area contributed by atoms with Gasteiger partial charge in [0.1, 0.15) is 5.75 Å². The summed E-state index contributed by atoms with van der Waals surface area (Å²) in [7, 11) is 0. The SMILES string of the molecule is O=C(CCO)Nc1ccc2c(c1)CCCO2. The van der Waals surface area contributed by atoms with E-state index in [1.807, 2.05) is 18.2 Å². The molecule has 0 bridgehead atoms. The minimum atomic E-state index is -0.167. The molecule has 0 radical (unpaired) electrons. The Morgan fingerprint density at radius 2 is 2.38 bits per heavy atom. The molecule has 1 heterocycles. The predicted molar refractivity (Wildman–Crippen MR) is 60.6 cm³/mol. The zero-order valence-electron chi connectivity index (χ0n) is 9.03. The molecular weight excluding hydrogens is 206 g/mol. The molecule has 1 amide bonds. The third kappa shape index (κ3) is 2.52. The third-order valence-corrected chi connectivity index (χ3v) is 2.53. The highest BCUT2D eigenvalue weighted by molar-refractivity contribution is 5.90. The van der Waals surface area contributed by atoms with Crippen LogP contribution < -0.4 is 10.1 Å². The monoisotopic (exact) mass is 221 g/mol. The molecule has 0 aliphatic carbocycles.